The van der Waals surface area contributed by atoms with Crippen molar-refractivity contribution >= 4 is 47.2 Å². The Morgan fingerprint density at radius 2 is 2.08 bits per heavy atom. The molecular weight excluding hydrogens is 451 g/mol. The van der Waals surface area contributed by atoms with Crippen molar-refractivity contribution in [3.63, 3.8) is 0 Å². The molecule has 0 atom stereocenters. The first kappa shape index (κ1) is 22.1. The number of guanidine groups is 1. The van der Waals surface area contributed by atoms with E-state index in [1.807, 2.05) is 6.92 Å². The van der Waals surface area contributed by atoms with Crippen molar-refractivity contribution in [2.45, 2.75) is 39.2 Å². The second-order valence-corrected chi connectivity index (χ2v) is 7.44. The topological polar surface area (TPSA) is 95.6 Å². The molecule has 142 valence electrons. The summed E-state index contributed by atoms with van der Waals surface area (Å²) in [6.07, 6.45) is 2.93. The number of piperidine rings is 1. The van der Waals surface area contributed by atoms with Crippen LogP contribution in [0.1, 0.15) is 28.4 Å². The molecule has 1 aliphatic rings. The first-order valence-electron chi connectivity index (χ1n) is 8.38. The summed E-state index contributed by atoms with van der Waals surface area (Å²) in [7, 11) is 1.79. The van der Waals surface area contributed by atoms with E-state index < -0.39 is 0 Å². The molecule has 0 radical (unpaired) electrons. The van der Waals surface area contributed by atoms with Crippen molar-refractivity contribution in [3.8, 4) is 0 Å². The minimum absolute atomic E-state index is 0. The van der Waals surface area contributed by atoms with Crippen LogP contribution in [0.3, 0.4) is 0 Å². The molecule has 4 N–H and O–H groups in total. The van der Waals surface area contributed by atoms with Gasteiger partial charge in [-0.25, -0.2) is 4.98 Å². The summed E-state index contributed by atoms with van der Waals surface area (Å²) >= 11 is 1.76. The fourth-order valence-electron chi connectivity index (χ4n) is 2.94. The lowest BCUT2D eigenvalue weighted by Crippen LogP contribution is -2.50. The van der Waals surface area contributed by atoms with E-state index in [9.17, 15) is 4.79 Å². The van der Waals surface area contributed by atoms with Gasteiger partial charge in [-0.1, -0.05) is 0 Å². The Morgan fingerprint density at radius 3 is 2.60 bits per heavy atom. The molecule has 0 unspecified atom stereocenters. The Balaban J connectivity index is 0.00000312. The summed E-state index contributed by atoms with van der Waals surface area (Å²) in [5.74, 6) is 0.578. The number of aliphatic imine (C=N–C) groups is 1. The van der Waals surface area contributed by atoms with E-state index in [-0.39, 0.29) is 29.9 Å². The van der Waals surface area contributed by atoms with E-state index in [4.69, 9.17) is 5.73 Å². The molecule has 25 heavy (non-hydrogen) atoms. The van der Waals surface area contributed by atoms with Gasteiger partial charge in [-0.05, 0) is 26.7 Å². The van der Waals surface area contributed by atoms with Crippen LogP contribution >= 0.6 is 35.3 Å². The van der Waals surface area contributed by atoms with E-state index >= 15 is 0 Å². The average molecular weight is 480 g/mol. The van der Waals surface area contributed by atoms with Crippen LogP contribution in [0.5, 0.6) is 0 Å². The molecule has 0 aromatic carbocycles. The van der Waals surface area contributed by atoms with Crippen molar-refractivity contribution < 1.29 is 4.79 Å². The number of likely N-dealkylation sites (tertiary alicyclic amines) is 1. The molecule has 1 aromatic heterocycles. The molecule has 1 fully saturated rings. The van der Waals surface area contributed by atoms with Gasteiger partial charge in [0.05, 0.1) is 17.2 Å². The first-order valence-corrected chi connectivity index (χ1v) is 9.20. The second-order valence-electron chi connectivity index (χ2n) is 6.15. The number of nitrogens with zero attached hydrogens (tertiary/aromatic N) is 3. The average Bonchev–Trinajstić information content (AvgIpc) is 2.85. The van der Waals surface area contributed by atoms with Gasteiger partial charge >= 0.3 is 0 Å². The summed E-state index contributed by atoms with van der Waals surface area (Å²) in [5, 5.41) is 7.96. The molecule has 0 aliphatic carbocycles. The molecule has 1 aromatic rings. The lowest BCUT2D eigenvalue weighted by atomic mass is 10.1. The zero-order valence-corrected chi connectivity index (χ0v) is 18.3. The summed E-state index contributed by atoms with van der Waals surface area (Å²) in [6, 6.07) is 0.382. The van der Waals surface area contributed by atoms with Crippen LogP contribution in [0, 0.1) is 13.8 Å². The molecule has 1 aliphatic heterocycles. The smallest absolute Gasteiger partial charge is 0.231 e. The van der Waals surface area contributed by atoms with Gasteiger partial charge < -0.3 is 16.4 Å². The molecule has 2 heterocycles. The lowest BCUT2D eigenvalue weighted by Gasteiger charge is -2.32. The molecule has 7 nitrogen and oxygen atoms in total. The largest absolute Gasteiger partial charge is 0.369 e. The zero-order valence-electron chi connectivity index (χ0n) is 15.2. The van der Waals surface area contributed by atoms with E-state index in [2.05, 4.69) is 32.4 Å². The summed E-state index contributed by atoms with van der Waals surface area (Å²) in [4.78, 5) is 23.2. The van der Waals surface area contributed by atoms with Gasteiger partial charge in [-0.15, -0.1) is 35.3 Å². The predicted molar refractivity (Wildman–Crippen MR) is 114 cm³/mol. The minimum atomic E-state index is -0.257. The molecule has 0 bridgehead atoms. The number of halogens is 1. The van der Waals surface area contributed by atoms with Crippen molar-refractivity contribution in [3.05, 3.63) is 15.6 Å². The number of hydrogen-bond donors (Lipinski definition) is 3. The van der Waals surface area contributed by atoms with Gasteiger partial charge in [0.25, 0.3) is 0 Å². The maximum Gasteiger partial charge on any atom is 0.231 e. The second kappa shape index (κ2) is 10.9. The number of rotatable bonds is 6. The number of aryl methyl sites for hydroxylation is 2. The third-order valence-corrected chi connectivity index (χ3v) is 5.31. The van der Waals surface area contributed by atoms with Crippen LogP contribution < -0.4 is 16.4 Å². The SMILES string of the molecule is CN=C(NCCc1sc(C)nc1C)NC1CCN(CC(N)=O)CC1.I. The maximum atomic E-state index is 11.0. The molecule has 1 saturated heterocycles. The van der Waals surface area contributed by atoms with Crippen LogP contribution in [-0.2, 0) is 11.2 Å². The van der Waals surface area contributed by atoms with Crippen LogP contribution in [0.4, 0.5) is 0 Å². The lowest BCUT2D eigenvalue weighted by molar-refractivity contribution is -0.119. The van der Waals surface area contributed by atoms with Crippen molar-refractivity contribution in [1.29, 1.82) is 0 Å². The van der Waals surface area contributed by atoms with E-state index in [0.29, 0.717) is 12.6 Å². The zero-order chi connectivity index (χ0) is 17.5. The van der Waals surface area contributed by atoms with E-state index in [0.717, 1.165) is 55.6 Å². The normalized spacial score (nSPS) is 16.4. The number of amides is 1. The van der Waals surface area contributed by atoms with Crippen LogP contribution in [0.25, 0.3) is 0 Å². The number of nitrogens with two attached hydrogens (primary N) is 1. The maximum absolute atomic E-state index is 11.0. The quantitative estimate of drug-likeness (QED) is 0.321. The van der Waals surface area contributed by atoms with Gasteiger partial charge in [0.1, 0.15) is 0 Å². The van der Waals surface area contributed by atoms with Gasteiger partial charge in [-0.3, -0.25) is 14.7 Å². The van der Waals surface area contributed by atoms with Crippen molar-refractivity contribution in [2.75, 3.05) is 33.2 Å². The van der Waals surface area contributed by atoms with Crippen molar-refractivity contribution in [2.24, 2.45) is 10.7 Å². The molecular formula is C16H29IN6OS. The number of aromatic nitrogens is 1. The summed E-state index contributed by atoms with van der Waals surface area (Å²) < 4.78 is 0. The number of thiazole rings is 1. The summed E-state index contributed by atoms with van der Waals surface area (Å²) in [6.45, 7) is 7.06. The van der Waals surface area contributed by atoms with Gasteiger partial charge in [0.2, 0.25) is 5.91 Å². The Labute approximate surface area is 170 Å². The van der Waals surface area contributed by atoms with E-state index in [1.165, 1.54) is 4.88 Å². The highest BCUT2D eigenvalue weighted by molar-refractivity contribution is 14.0. The number of carbonyl (C=O) groups is 1. The number of carbonyl (C=O) groups excluding carboxylic acids is 1. The summed E-state index contributed by atoms with van der Waals surface area (Å²) in [5.41, 5.74) is 6.37. The van der Waals surface area contributed by atoms with Gasteiger partial charge in [0, 0.05) is 44.0 Å². The predicted octanol–water partition coefficient (Wildman–Crippen LogP) is 1.04. The molecule has 9 heteroatoms. The molecule has 0 spiro atoms. The fraction of sp³-hybridized carbons (Fsp3) is 0.688. The minimum Gasteiger partial charge on any atom is -0.369 e. The highest BCUT2D eigenvalue weighted by Gasteiger charge is 2.20. The number of nitrogens with one attached hydrogen (secondary N) is 2. The van der Waals surface area contributed by atoms with Gasteiger partial charge in [0.15, 0.2) is 5.96 Å². The van der Waals surface area contributed by atoms with Crippen LogP contribution in [-0.4, -0.2) is 61.0 Å². The van der Waals surface area contributed by atoms with Gasteiger partial charge in [-0.2, -0.15) is 0 Å². The molecule has 1 amide bonds. The Bertz CT molecular complexity index is 583. The van der Waals surface area contributed by atoms with Crippen LogP contribution in [0.15, 0.2) is 4.99 Å². The third-order valence-electron chi connectivity index (χ3n) is 4.18. The van der Waals surface area contributed by atoms with Crippen molar-refractivity contribution in [1.82, 2.24) is 20.5 Å². The Hall–Kier alpha value is -0.940. The number of hydrogen-bond acceptors (Lipinski definition) is 5. The highest BCUT2D eigenvalue weighted by Crippen LogP contribution is 2.17. The highest BCUT2D eigenvalue weighted by atomic mass is 127. The Morgan fingerprint density at radius 1 is 1.40 bits per heavy atom. The fourth-order valence-corrected chi connectivity index (χ4v) is 3.88. The van der Waals surface area contributed by atoms with E-state index in [1.54, 1.807) is 18.4 Å². The van der Waals surface area contributed by atoms with Crippen LogP contribution in [0.2, 0.25) is 0 Å². The first-order chi connectivity index (χ1) is 11.5. The monoisotopic (exact) mass is 480 g/mol. The molecule has 2 rings (SSSR count). The molecule has 0 saturated carbocycles. The Kier molecular flexibility index (Phi) is 9.65. The third kappa shape index (κ3) is 7.45. The number of primary amides is 1. The standard InChI is InChI=1S/C16H28N6OS.HI/c1-11-14(24-12(2)20-11)4-7-19-16(18-3)21-13-5-8-22(9-6-13)10-15(17)23;/h13H,4-10H2,1-3H3,(H2,17,23)(H2,18,19,21);1H.